The van der Waals surface area contributed by atoms with Crippen molar-refractivity contribution in [3.63, 3.8) is 0 Å². The molecule has 21 heavy (non-hydrogen) atoms. The van der Waals surface area contributed by atoms with E-state index in [0.29, 0.717) is 6.54 Å². The van der Waals surface area contributed by atoms with Gasteiger partial charge in [0.1, 0.15) is 0 Å². The molecule has 2 aliphatic rings. The molecule has 1 amide bonds. The Labute approximate surface area is 131 Å². The number of hydrogen-bond donors (Lipinski definition) is 1. The first-order chi connectivity index (χ1) is 9.99. The lowest BCUT2D eigenvalue weighted by atomic mass is 9.73. The quantitative estimate of drug-likeness (QED) is 0.866. The minimum atomic E-state index is -0.357. The summed E-state index contributed by atoms with van der Waals surface area (Å²) in [6.45, 7) is 3.45. The largest absolute Gasteiger partial charge is 0.338 e. The Kier molecular flexibility index (Phi) is 3.98. The smallest absolute Gasteiger partial charge is 0.227 e. The van der Waals surface area contributed by atoms with Crippen molar-refractivity contribution in [2.45, 2.75) is 51.1 Å². The summed E-state index contributed by atoms with van der Waals surface area (Å²) < 4.78 is 0. The van der Waals surface area contributed by atoms with E-state index in [2.05, 4.69) is 6.07 Å². The van der Waals surface area contributed by atoms with Gasteiger partial charge in [0.15, 0.2) is 0 Å². The van der Waals surface area contributed by atoms with Crippen LogP contribution in [0, 0.1) is 5.92 Å². The van der Waals surface area contributed by atoms with E-state index in [1.807, 2.05) is 24.0 Å². The van der Waals surface area contributed by atoms with Crippen molar-refractivity contribution in [2.24, 2.45) is 11.7 Å². The summed E-state index contributed by atoms with van der Waals surface area (Å²) in [7, 11) is 0. The Morgan fingerprint density at radius 2 is 2.24 bits per heavy atom. The van der Waals surface area contributed by atoms with Gasteiger partial charge in [-0.3, -0.25) is 4.79 Å². The van der Waals surface area contributed by atoms with Gasteiger partial charge >= 0.3 is 0 Å². The summed E-state index contributed by atoms with van der Waals surface area (Å²) in [6.07, 6.45) is 4.95. The minimum Gasteiger partial charge on any atom is -0.338 e. The van der Waals surface area contributed by atoms with Crippen LogP contribution in [0.2, 0.25) is 5.02 Å². The van der Waals surface area contributed by atoms with E-state index in [1.165, 1.54) is 11.1 Å². The Morgan fingerprint density at radius 3 is 3.00 bits per heavy atom. The van der Waals surface area contributed by atoms with Crippen molar-refractivity contribution in [2.75, 3.05) is 6.54 Å². The maximum Gasteiger partial charge on any atom is 0.227 e. The lowest BCUT2D eigenvalue weighted by Crippen LogP contribution is -2.54. The molecule has 0 bridgehead atoms. The number of nitrogens with zero attached hydrogens (tertiary/aromatic N) is 1. The summed E-state index contributed by atoms with van der Waals surface area (Å²) in [5.41, 5.74) is 8.40. The van der Waals surface area contributed by atoms with E-state index in [1.54, 1.807) is 0 Å². The monoisotopic (exact) mass is 306 g/mol. The second-order valence-corrected chi connectivity index (χ2v) is 7.10. The Hall–Kier alpha value is -1.06. The fourth-order valence-corrected chi connectivity index (χ4v) is 4.02. The highest BCUT2D eigenvalue weighted by atomic mass is 35.5. The lowest BCUT2D eigenvalue weighted by Gasteiger charge is -2.41. The van der Waals surface area contributed by atoms with E-state index >= 15 is 0 Å². The third kappa shape index (κ3) is 2.82. The highest BCUT2D eigenvalue weighted by Gasteiger charge is 2.40. The van der Waals surface area contributed by atoms with Crippen LogP contribution in [0.1, 0.15) is 43.7 Å². The van der Waals surface area contributed by atoms with Gasteiger partial charge in [-0.25, -0.2) is 0 Å². The maximum atomic E-state index is 12.9. The zero-order valence-corrected chi connectivity index (χ0v) is 13.3. The zero-order valence-electron chi connectivity index (χ0n) is 12.6. The predicted octanol–water partition coefficient (Wildman–Crippen LogP) is 3.13. The molecule has 114 valence electrons. The van der Waals surface area contributed by atoms with Gasteiger partial charge in [-0.15, -0.1) is 0 Å². The first-order valence-electron chi connectivity index (χ1n) is 7.83. The zero-order chi connectivity index (χ0) is 15.0. The van der Waals surface area contributed by atoms with E-state index in [4.69, 9.17) is 17.3 Å². The van der Waals surface area contributed by atoms with E-state index in [-0.39, 0.29) is 17.4 Å². The van der Waals surface area contributed by atoms with Crippen LogP contribution in [0.5, 0.6) is 0 Å². The van der Waals surface area contributed by atoms with Crippen molar-refractivity contribution in [3.8, 4) is 0 Å². The summed E-state index contributed by atoms with van der Waals surface area (Å²) in [5.74, 6) is 0.192. The number of benzene rings is 1. The highest BCUT2D eigenvalue weighted by molar-refractivity contribution is 6.31. The molecule has 1 fully saturated rings. The van der Waals surface area contributed by atoms with Gasteiger partial charge in [0.2, 0.25) is 5.91 Å². The number of fused-ring (bicyclic) bond motifs is 1. The molecule has 1 aromatic rings. The molecule has 1 saturated carbocycles. The van der Waals surface area contributed by atoms with Crippen LogP contribution in [-0.4, -0.2) is 22.9 Å². The average molecular weight is 307 g/mol. The van der Waals surface area contributed by atoms with E-state index < -0.39 is 0 Å². The third-order valence-corrected chi connectivity index (χ3v) is 5.43. The van der Waals surface area contributed by atoms with Crippen LogP contribution in [-0.2, 0) is 17.8 Å². The molecule has 0 aromatic heterocycles. The van der Waals surface area contributed by atoms with Crippen molar-refractivity contribution in [3.05, 3.63) is 34.3 Å². The van der Waals surface area contributed by atoms with Crippen LogP contribution in [0.15, 0.2) is 18.2 Å². The van der Waals surface area contributed by atoms with E-state index in [9.17, 15) is 4.79 Å². The Balaban J connectivity index is 1.78. The molecule has 1 aromatic carbocycles. The molecular weight excluding hydrogens is 284 g/mol. The average Bonchev–Trinajstić information content (AvgIpc) is 2.46. The number of rotatable bonds is 1. The van der Waals surface area contributed by atoms with Crippen LogP contribution in [0.4, 0.5) is 0 Å². The summed E-state index contributed by atoms with van der Waals surface area (Å²) in [5, 5.41) is 0.820. The summed E-state index contributed by atoms with van der Waals surface area (Å²) in [6, 6.07) is 5.96. The number of hydrogen-bond acceptors (Lipinski definition) is 2. The molecule has 1 aliphatic heterocycles. The van der Waals surface area contributed by atoms with Crippen LogP contribution >= 0.6 is 11.6 Å². The molecule has 2 atom stereocenters. The highest BCUT2D eigenvalue weighted by Crippen LogP contribution is 2.34. The Morgan fingerprint density at radius 1 is 1.43 bits per heavy atom. The standard InChI is InChI=1S/C17H23ClN2O/c1-17(19)9-3-2-6-14(17)16(21)20-10-8-13-12(11-20)5-4-7-15(13)18/h4-5,7,14H,2-3,6,8-11,19H2,1H3. The van der Waals surface area contributed by atoms with Crippen LogP contribution < -0.4 is 5.73 Å². The topological polar surface area (TPSA) is 46.3 Å². The molecule has 0 saturated heterocycles. The van der Waals surface area contributed by atoms with Gasteiger partial charge in [0.05, 0.1) is 5.92 Å². The van der Waals surface area contributed by atoms with Crippen LogP contribution in [0.25, 0.3) is 0 Å². The second kappa shape index (κ2) is 5.62. The number of nitrogens with two attached hydrogens (primary N) is 1. The Bertz CT molecular complexity index is 556. The molecule has 1 aliphatic carbocycles. The maximum absolute atomic E-state index is 12.9. The molecule has 2 unspecified atom stereocenters. The number of halogens is 1. The molecule has 2 N–H and O–H groups in total. The lowest BCUT2D eigenvalue weighted by molar-refractivity contribution is -0.139. The molecule has 3 rings (SSSR count). The first-order valence-corrected chi connectivity index (χ1v) is 8.21. The molecular formula is C17H23ClN2O. The van der Waals surface area contributed by atoms with Crippen molar-refractivity contribution in [1.82, 2.24) is 4.90 Å². The van der Waals surface area contributed by atoms with Crippen LogP contribution in [0.3, 0.4) is 0 Å². The van der Waals surface area contributed by atoms with Crippen molar-refractivity contribution >= 4 is 17.5 Å². The molecule has 4 heteroatoms. The molecule has 0 radical (unpaired) electrons. The summed E-state index contributed by atoms with van der Waals surface area (Å²) >= 11 is 6.24. The van der Waals surface area contributed by atoms with Crippen molar-refractivity contribution in [1.29, 1.82) is 0 Å². The number of carbonyl (C=O) groups excluding carboxylic acids is 1. The second-order valence-electron chi connectivity index (χ2n) is 6.69. The van der Waals surface area contributed by atoms with Gasteiger partial charge in [-0.1, -0.05) is 36.6 Å². The van der Waals surface area contributed by atoms with Gasteiger partial charge < -0.3 is 10.6 Å². The van der Waals surface area contributed by atoms with E-state index in [0.717, 1.165) is 43.7 Å². The van der Waals surface area contributed by atoms with Crippen molar-refractivity contribution < 1.29 is 4.79 Å². The fourth-order valence-electron chi connectivity index (χ4n) is 3.74. The summed E-state index contributed by atoms with van der Waals surface area (Å²) in [4.78, 5) is 14.8. The SMILES string of the molecule is CC1(N)CCCCC1C(=O)N1CCc2c(Cl)cccc2C1. The van der Waals surface area contributed by atoms with Gasteiger partial charge in [-0.2, -0.15) is 0 Å². The molecule has 3 nitrogen and oxygen atoms in total. The first kappa shape index (κ1) is 14.9. The molecule has 0 spiro atoms. The normalized spacial score (nSPS) is 29.1. The third-order valence-electron chi connectivity index (χ3n) is 5.07. The van der Waals surface area contributed by atoms with Gasteiger partial charge in [0.25, 0.3) is 0 Å². The minimum absolute atomic E-state index is 0.0352. The van der Waals surface area contributed by atoms with Gasteiger partial charge in [-0.05, 0) is 43.4 Å². The number of carbonyl (C=O) groups is 1. The fraction of sp³-hybridized carbons (Fsp3) is 0.588. The number of amides is 1. The van der Waals surface area contributed by atoms with Gasteiger partial charge in [0, 0.05) is 23.7 Å². The molecule has 1 heterocycles. The predicted molar refractivity (Wildman–Crippen MR) is 85.1 cm³/mol.